The molecule has 1 aromatic rings. The molecule has 0 aliphatic heterocycles. The van der Waals surface area contributed by atoms with E-state index in [0.29, 0.717) is 16.1 Å². The van der Waals surface area contributed by atoms with Gasteiger partial charge in [-0.05, 0) is 58.2 Å². The lowest BCUT2D eigenvalue weighted by Gasteiger charge is -2.34. The maximum Gasteiger partial charge on any atom is 0.244 e. The average molecular weight is 310 g/mol. The zero-order chi connectivity index (χ0) is 16.6. The van der Waals surface area contributed by atoms with Gasteiger partial charge in [0.2, 0.25) is 10.0 Å². The van der Waals surface area contributed by atoms with E-state index in [1.165, 1.54) is 4.31 Å². The Morgan fingerprint density at radius 2 is 1.76 bits per heavy atom. The molecule has 1 rings (SSSR count). The number of anilines is 1. The lowest BCUT2D eigenvalue weighted by Crippen LogP contribution is -2.46. The van der Waals surface area contributed by atoms with Gasteiger partial charge in [0.05, 0.1) is 4.90 Å². The molecule has 5 heteroatoms. The van der Waals surface area contributed by atoms with Crippen LogP contribution in [0.5, 0.6) is 0 Å². The molecule has 0 aliphatic rings. The van der Waals surface area contributed by atoms with Crippen molar-refractivity contribution in [2.24, 2.45) is 0 Å². The number of benzene rings is 1. The van der Waals surface area contributed by atoms with Crippen molar-refractivity contribution < 1.29 is 8.42 Å². The third-order valence-electron chi connectivity index (χ3n) is 3.55. The molecule has 21 heavy (non-hydrogen) atoms. The van der Waals surface area contributed by atoms with Gasteiger partial charge in [-0.1, -0.05) is 12.1 Å². The Bertz CT molecular complexity index is 656. The van der Waals surface area contributed by atoms with Crippen molar-refractivity contribution in [3.63, 3.8) is 0 Å². The second-order valence-corrected chi connectivity index (χ2v) is 8.17. The third-order valence-corrected chi connectivity index (χ3v) is 5.97. The Labute approximate surface area is 128 Å². The van der Waals surface area contributed by atoms with Gasteiger partial charge in [0, 0.05) is 17.8 Å². The minimum absolute atomic E-state index is 0.262. The Morgan fingerprint density at radius 1 is 1.24 bits per heavy atom. The van der Waals surface area contributed by atoms with Crippen LogP contribution in [0, 0.1) is 20.8 Å². The molecule has 0 spiro atoms. The maximum atomic E-state index is 13.1. The largest absolute Gasteiger partial charge is 0.398 e. The second-order valence-electron chi connectivity index (χ2n) is 6.37. The van der Waals surface area contributed by atoms with E-state index in [4.69, 9.17) is 5.73 Å². The van der Waals surface area contributed by atoms with Crippen LogP contribution >= 0.6 is 0 Å². The molecule has 118 valence electrons. The van der Waals surface area contributed by atoms with Crippen LogP contribution in [-0.4, -0.2) is 24.8 Å². The summed E-state index contributed by atoms with van der Waals surface area (Å²) in [7, 11) is -3.64. The van der Waals surface area contributed by atoms with Gasteiger partial charge in [0.1, 0.15) is 0 Å². The summed E-state index contributed by atoms with van der Waals surface area (Å²) in [6.07, 6.45) is 1.60. The molecule has 0 atom stereocenters. The van der Waals surface area contributed by atoms with E-state index in [9.17, 15) is 8.42 Å². The topological polar surface area (TPSA) is 63.4 Å². The van der Waals surface area contributed by atoms with Crippen LogP contribution in [-0.2, 0) is 10.0 Å². The summed E-state index contributed by atoms with van der Waals surface area (Å²) >= 11 is 0. The highest BCUT2D eigenvalue weighted by Crippen LogP contribution is 2.32. The number of rotatable bonds is 4. The Morgan fingerprint density at radius 3 is 2.19 bits per heavy atom. The summed E-state index contributed by atoms with van der Waals surface area (Å²) in [5.74, 6) is 0. The standard InChI is InChI=1S/C16H26N2O2S/c1-8-9-18(16(5,6)7)21(19,20)15-12(3)10-11(2)14(17)13(15)4/h8,10H,1,9,17H2,2-7H3. The van der Waals surface area contributed by atoms with Crippen molar-refractivity contribution in [1.82, 2.24) is 4.31 Å². The summed E-state index contributed by atoms with van der Waals surface area (Å²) in [4.78, 5) is 0.308. The van der Waals surface area contributed by atoms with Crippen LogP contribution in [0.3, 0.4) is 0 Å². The van der Waals surface area contributed by atoms with Crippen LogP contribution in [0.1, 0.15) is 37.5 Å². The molecule has 0 bridgehead atoms. The number of nitrogens with zero attached hydrogens (tertiary/aromatic N) is 1. The fraction of sp³-hybridized carbons (Fsp3) is 0.500. The van der Waals surface area contributed by atoms with Crippen LogP contribution in [0.2, 0.25) is 0 Å². The van der Waals surface area contributed by atoms with Crippen molar-refractivity contribution in [2.75, 3.05) is 12.3 Å². The van der Waals surface area contributed by atoms with Gasteiger partial charge in [-0.25, -0.2) is 8.42 Å². The summed E-state index contributed by atoms with van der Waals surface area (Å²) in [5, 5.41) is 0. The fourth-order valence-corrected chi connectivity index (χ4v) is 4.74. The second kappa shape index (κ2) is 5.81. The molecule has 0 saturated carbocycles. The predicted molar refractivity (Wildman–Crippen MR) is 88.9 cm³/mol. The van der Waals surface area contributed by atoms with Gasteiger partial charge in [0.15, 0.2) is 0 Å². The highest BCUT2D eigenvalue weighted by atomic mass is 32.2. The van der Waals surface area contributed by atoms with Gasteiger partial charge in [-0.15, -0.1) is 6.58 Å². The van der Waals surface area contributed by atoms with E-state index in [2.05, 4.69) is 6.58 Å². The molecule has 0 aliphatic carbocycles. The van der Waals surface area contributed by atoms with E-state index in [0.717, 1.165) is 11.1 Å². The minimum Gasteiger partial charge on any atom is -0.398 e. The fourth-order valence-electron chi connectivity index (χ4n) is 2.54. The number of hydrogen-bond donors (Lipinski definition) is 1. The summed E-state index contributed by atoms with van der Waals surface area (Å²) in [5.41, 5.74) is 8.26. The highest BCUT2D eigenvalue weighted by Gasteiger charge is 2.35. The van der Waals surface area contributed by atoms with Gasteiger partial charge < -0.3 is 5.73 Å². The minimum atomic E-state index is -3.64. The lowest BCUT2D eigenvalue weighted by molar-refractivity contribution is 0.269. The number of nitrogen functional groups attached to an aromatic ring is 1. The Hall–Kier alpha value is -1.33. The molecular weight excluding hydrogens is 284 g/mol. The van der Waals surface area contributed by atoms with Crippen LogP contribution in [0.4, 0.5) is 5.69 Å². The van der Waals surface area contributed by atoms with Crippen molar-refractivity contribution in [3.8, 4) is 0 Å². The lowest BCUT2D eigenvalue weighted by atomic mass is 10.1. The summed E-state index contributed by atoms with van der Waals surface area (Å²) in [6.45, 7) is 15.0. The first-order valence-electron chi connectivity index (χ1n) is 6.94. The number of sulfonamides is 1. The Kier molecular flexibility index (Phi) is 4.90. The quantitative estimate of drug-likeness (QED) is 0.686. The SMILES string of the molecule is C=CCN(C(C)(C)C)S(=O)(=O)c1c(C)cc(C)c(N)c1C. The van der Waals surface area contributed by atoms with Crippen LogP contribution < -0.4 is 5.73 Å². The maximum absolute atomic E-state index is 13.1. The van der Waals surface area contributed by atoms with E-state index < -0.39 is 15.6 Å². The first kappa shape index (κ1) is 17.7. The van der Waals surface area contributed by atoms with Crippen molar-refractivity contribution in [1.29, 1.82) is 0 Å². The van der Waals surface area contributed by atoms with Gasteiger partial charge in [-0.2, -0.15) is 4.31 Å². The number of hydrogen-bond acceptors (Lipinski definition) is 3. The average Bonchev–Trinajstić information content (AvgIpc) is 2.31. The van der Waals surface area contributed by atoms with E-state index in [1.807, 2.05) is 33.8 Å². The number of aryl methyl sites for hydroxylation is 2. The Balaban J connectivity index is 3.64. The van der Waals surface area contributed by atoms with Gasteiger partial charge in [-0.3, -0.25) is 0 Å². The first-order chi connectivity index (χ1) is 9.44. The van der Waals surface area contributed by atoms with Gasteiger partial charge >= 0.3 is 0 Å². The molecule has 0 amide bonds. The first-order valence-corrected chi connectivity index (χ1v) is 8.38. The van der Waals surface area contributed by atoms with Crippen LogP contribution in [0.15, 0.2) is 23.6 Å². The summed E-state index contributed by atoms with van der Waals surface area (Å²) < 4.78 is 27.6. The summed E-state index contributed by atoms with van der Waals surface area (Å²) in [6, 6.07) is 1.82. The molecule has 0 unspecified atom stereocenters. The smallest absolute Gasteiger partial charge is 0.244 e. The van der Waals surface area contributed by atoms with E-state index >= 15 is 0 Å². The predicted octanol–water partition coefficient (Wildman–Crippen LogP) is 3.17. The molecule has 0 aromatic heterocycles. The zero-order valence-corrected chi connectivity index (χ0v) is 14.6. The van der Waals surface area contributed by atoms with Crippen molar-refractivity contribution in [2.45, 2.75) is 52.0 Å². The third kappa shape index (κ3) is 3.30. The molecule has 0 radical (unpaired) electrons. The van der Waals surface area contributed by atoms with E-state index in [1.54, 1.807) is 19.9 Å². The highest BCUT2D eigenvalue weighted by molar-refractivity contribution is 7.89. The molecule has 1 aromatic carbocycles. The molecule has 2 N–H and O–H groups in total. The molecule has 0 fully saturated rings. The number of nitrogens with two attached hydrogens (primary N) is 1. The molecule has 0 saturated heterocycles. The normalized spacial score (nSPS) is 12.7. The van der Waals surface area contributed by atoms with Crippen molar-refractivity contribution in [3.05, 3.63) is 35.4 Å². The molecular formula is C16H26N2O2S. The zero-order valence-electron chi connectivity index (χ0n) is 13.8. The van der Waals surface area contributed by atoms with Gasteiger partial charge in [0.25, 0.3) is 0 Å². The van der Waals surface area contributed by atoms with Crippen LogP contribution in [0.25, 0.3) is 0 Å². The van der Waals surface area contributed by atoms with Crippen molar-refractivity contribution >= 4 is 15.7 Å². The molecule has 0 heterocycles. The van der Waals surface area contributed by atoms with E-state index in [-0.39, 0.29) is 6.54 Å². The monoisotopic (exact) mass is 310 g/mol. The molecule has 4 nitrogen and oxygen atoms in total.